The largest absolute Gasteiger partial charge is 0.245 e. The predicted octanol–water partition coefficient (Wildman–Crippen LogP) is 1.60. The van der Waals surface area contributed by atoms with Crippen molar-refractivity contribution in [2.75, 3.05) is 0 Å². The van der Waals surface area contributed by atoms with Gasteiger partial charge in [-0.15, -0.1) is 0 Å². The molecule has 1 aliphatic rings. The van der Waals surface area contributed by atoms with Gasteiger partial charge in [0.15, 0.2) is 10.3 Å². The Kier molecular flexibility index (Phi) is 1.62. The van der Waals surface area contributed by atoms with Crippen LogP contribution in [0.5, 0.6) is 0 Å². The summed E-state index contributed by atoms with van der Waals surface area (Å²) in [7, 11) is 0. The van der Waals surface area contributed by atoms with Crippen LogP contribution in [0.2, 0.25) is 0 Å². The number of H-pyrrole nitrogens is 1. The van der Waals surface area contributed by atoms with Crippen molar-refractivity contribution in [3.05, 3.63) is 16.3 Å². The van der Waals surface area contributed by atoms with Crippen molar-refractivity contribution in [2.45, 2.75) is 39.5 Å². The Bertz CT molecular complexity index is 370. The first-order valence-electron chi connectivity index (χ1n) is 4.63. The van der Waals surface area contributed by atoms with Gasteiger partial charge in [-0.3, -0.25) is 0 Å². The monoisotopic (exact) mass is 183 g/mol. The van der Waals surface area contributed by atoms with Gasteiger partial charge in [0.25, 0.3) is 0 Å². The number of nitrogens with one attached hydrogen (secondary N) is 1. The summed E-state index contributed by atoms with van der Waals surface area (Å²) in [5.41, 5.74) is 1.96. The number of rotatable bonds is 0. The maximum atomic E-state index is 11.1. The summed E-state index contributed by atoms with van der Waals surface area (Å²) in [6.07, 6.45) is 1.87. The number of hydrogen-bond acceptors (Lipinski definition) is 2. The minimum absolute atomic E-state index is 0.193. The van der Waals surface area contributed by atoms with Crippen LogP contribution in [0.3, 0.4) is 0 Å². The molecule has 1 aliphatic carbocycles. The minimum atomic E-state index is 0.193. The quantitative estimate of drug-likeness (QED) is 0.664. The summed E-state index contributed by atoms with van der Waals surface area (Å²) >= 11 is 0. The first kappa shape index (κ1) is 8.53. The van der Waals surface area contributed by atoms with E-state index in [1.807, 2.05) is 0 Å². The summed E-state index contributed by atoms with van der Waals surface area (Å²) in [5.74, 6) is 0.418. The molecular formula is C9H15N2O2+. The van der Waals surface area contributed by atoms with Gasteiger partial charge in [0.1, 0.15) is 0 Å². The molecule has 0 spiro atoms. The molecule has 1 aromatic rings. The third-order valence-corrected chi connectivity index (χ3v) is 2.83. The molecule has 1 heterocycles. The van der Waals surface area contributed by atoms with E-state index in [0.717, 1.165) is 24.2 Å². The molecule has 4 nitrogen and oxygen atoms in total. The van der Waals surface area contributed by atoms with E-state index < -0.39 is 0 Å². The van der Waals surface area contributed by atoms with Gasteiger partial charge in [-0.1, -0.05) is 30.6 Å². The van der Waals surface area contributed by atoms with Crippen molar-refractivity contribution in [1.82, 2.24) is 5.16 Å². The van der Waals surface area contributed by atoms with Crippen LogP contribution in [-0.2, 0) is 6.42 Å². The first-order valence-corrected chi connectivity index (χ1v) is 4.63. The topological polar surface area (TPSA) is 51.9 Å². The van der Waals surface area contributed by atoms with Gasteiger partial charge in [-0.25, -0.2) is 0 Å². The van der Waals surface area contributed by atoms with Gasteiger partial charge < -0.3 is 0 Å². The SMILES string of the molecule is CC(C)(C)C1CCc2c1[nH]o[n+]2=O. The van der Waals surface area contributed by atoms with E-state index in [0.29, 0.717) is 10.5 Å². The lowest BCUT2D eigenvalue weighted by molar-refractivity contribution is -0.719. The van der Waals surface area contributed by atoms with E-state index in [2.05, 4.69) is 25.9 Å². The molecule has 0 aromatic carbocycles. The molecular weight excluding hydrogens is 168 g/mol. The van der Waals surface area contributed by atoms with Crippen LogP contribution in [0.25, 0.3) is 0 Å². The summed E-state index contributed by atoms with van der Waals surface area (Å²) in [6, 6.07) is 0. The van der Waals surface area contributed by atoms with E-state index >= 15 is 0 Å². The van der Waals surface area contributed by atoms with Crippen LogP contribution in [-0.4, -0.2) is 5.16 Å². The van der Waals surface area contributed by atoms with Crippen LogP contribution < -0.4 is 4.60 Å². The molecule has 1 aromatic heterocycles. The summed E-state index contributed by atoms with van der Waals surface area (Å²) < 4.78 is 5.30. The van der Waals surface area contributed by atoms with E-state index in [-0.39, 0.29) is 5.41 Å². The molecule has 1 N–H and O–H groups in total. The molecule has 0 saturated carbocycles. The first-order chi connectivity index (χ1) is 6.00. The molecule has 0 aliphatic heterocycles. The zero-order valence-electron chi connectivity index (χ0n) is 8.26. The number of aromatic nitrogens is 2. The van der Waals surface area contributed by atoms with Crippen molar-refractivity contribution in [3.8, 4) is 0 Å². The molecule has 13 heavy (non-hydrogen) atoms. The number of aromatic amines is 1. The van der Waals surface area contributed by atoms with Gasteiger partial charge in [0.2, 0.25) is 5.69 Å². The molecule has 1 atom stereocenters. The maximum Gasteiger partial charge on any atom is 0.245 e. The van der Waals surface area contributed by atoms with Crippen LogP contribution in [0.1, 0.15) is 44.5 Å². The number of nitrogens with zero attached hydrogens (tertiary/aromatic N) is 1. The molecule has 0 radical (unpaired) electrons. The molecule has 0 bridgehead atoms. The van der Waals surface area contributed by atoms with E-state index in [1.54, 1.807) is 0 Å². The third-order valence-electron chi connectivity index (χ3n) is 2.83. The lowest BCUT2D eigenvalue weighted by Gasteiger charge is -2.23. The molecule has 0 amide bonds. The van der Waals surface area contributed by atoms with Crippen molar-refractivity contribution in [1.29, 1.82) is 0 Å². The number of hydrogen-bond donors (Lipinski definition) is 1. The zero-order chi connectivity index (χ0) is 9.64. The van der Waals surface area contributed by atoms with Gasteiger partial charge in [-0.05, 0) is 16.7 Å². The standard InChI is InChI=1S/C9H15N2O2/c1-9(2,3)6-4-5-7-8(6)10-13-11(7)12/h6,10H,4-5H2,1-3H3/q+1. The van der Waals surface area contributed by atoms with E-state index in [9.17, 15) is 4.91 Å². The average Bonchev–Trinajstić information content (AvgIpc) is 2.51. The van der Waals surface area contributed by atoms with Gasteiger partial charge >= 0.3 is 0 Å². The van der Waals surface area contributed by atoms with Crippen molar-refractivity contribution in [2.24, 2.45) is 5.41 Å². The molecule has 1 unspecified atom stereocenters. The average molecular weight is 183 g/mol. The fourth-order valence-electron chi connectivity index (χ4n) is 2.09. The summed E-state index contributed by atoms with van der Waals surface area (Å²) in [6.45, 7) is 6.55. The Labute approximate surface area is 76.5 Å². The normalized spacial score (nSPS) is 21.9. The third kappa shape index (κ3) is 1.20. The Morgan fingerprint density at radius 1 is 1.54 bits per heavy atom. The van der Waals surface area contributed by atoms with Crippen molar-refractivity contribution in [3.63, 3.8) is 0 Å². The van der Waals surface area contributed by atoms with Gasteiger partial charge in [-0.2, -0.15) is 0 Å². The highest BCUT2D eigenvalue weighted by Crippen LogP contribution is 2.42. The molecule has 0 fully saturated rings. The molecule has 2 rings (SSSR count). The lowest BCUT2D eigenvalue weighted by atomic mass is 9.79. The van der Waals surface area contributed by atoms with E-state index in [1.165, 1.54) is 0 Å². The fraction of sp³-hybridized carbons (Fsp3) is 0.778. The summed E-state index contributed by atoms with van der Waals surface area (Å²) in [4.78, 5) is 11.1. The van der Waals surface area contributed by atoms with Crippen molar-refractivity contribution >= 4 is 0 Å². The zero-order valence-corrected chi connectivity index (χ0v) is 8.26. The van der Waals surface area contributed by atoms with Crippen molar-refractivity contribution < 1.29 is 9.23 Å². The highest BCUT2D eigenvalue weighted by atomic mass is 16.7. The fourth-order valence-corrected chi connectivity index (χ4v) is 2.09. The second-order valence-corrected chi connectivity index (χ2v) is 4.77. The highest BCUT2D eigenvalue weighted by Gasteiger charge is 2.41. The van der Waals surface area contributed by atoms with Gasteiger partial charge in [0, 0.05) is 12.3 Å². The second-order valence-electron chi connectivity index (χ2n) is 4.77. The predicted molar refractivity (Wildman–Crippen MR) is 46.9 cm³/mol. The van der Waals surface area contributed by atoms with Crippen LogP contribution >= 0.6 is 0 Å². The Morgan fingerprint density at radius 3 is 2.85 bits per heavy atom. The maximum absolute atomic E-state index is 11.1. The Hall–Kier alpha value is -1.06. The minimum Gasteiger partial charge on any atom is -0.0882 e. The molecule has 4 heteroatoms. The smallest absolute Gasteiger partial charge is 0.0882 e. The summed E-state index contributed by atoms with van der Waals surface area (Å²) in [5, 5.41) is 2.72. The second kappa shape index (κ2) is 2.47. The number of fused-ring (bicyclic) bond motifs is 1. The Balaban J connectivity index is 2.45. The lowest BCUT2D eigenvalue weighted by Crippen LogP contribution is -2.16. The Morgan fingerprint density at radius 2 is 2.23 bits per heavy atom. The molecule has 0 saturated heterocycles. The van der Waals surface area contributed by atoms with E-state index in [4.69, 9.17) is 4.63 Å². The van der Waals surface area contributed by atoms with Crippen LogP contribution in [0.15, 0.2) is 4.63 Å². The van der Waals surface area contributed by atoms with Crippen LogP contribution in [0.4, 0.5) is 0 Å². The molecule has 72 valence electrons. The van der Waals surface area contributed by atoms with Gasteiger partial charge in [0.05, 0.1) is 0 Å². The highest BCUT2D eigenvalue weighted by molar-refractivity contribution is 5.19. The van der Waals surface area contributed by atoms with Crippen LogP contribution in [0, 0.1) is 10.3 Å².